The fourth-order valence-corrected chi connectivity index (χ4v) is 0. The van der Waals surface area contributed by atoms with E-state index in [0.717, 1.165) is 0 Å². The maximum Gasteiger partial charge on any atom is 3.00 e. The normalized spacial score (nSPS) is 18.8. The summed E-state index contributed by atoms with van der Waals surface area (Å²) in [6.45, 7) is 0. The topological polar surface area (TPSA) is 27.7 Å². The van der Waals surface area contributed by atoms with E-state index in [2.05, 4.69) is 122 Å². The van der Waals surface area contributed by atoms with E-state index in [1.165, 1.54) is 21.3 Å². The van der Waals surface area contributed by atoms with Crippen molar-refractivity contribution in [2.75, 3.05) is 21.3 Å². The van der Waals surface area contributed by atoms with Crippen LogP contribution in [0.15, 0.2) is 0 Å². The van der Waals surface area contributed by atoms with Gasteiger partial charge in [0.15, 0.2) is 0 Å². The second kappa shape index (κ2) is 16.0. The van der Waals surface area contributed by atoms with Gasteiger partial charge in [-0.25, -0.2) is 0 Å². The Morgan fingerprint density at radius 1 is 0.684 bits per heavy atom. The number of thiol groups is 3. The first-order valence-electron chi connectivity index (χ1n) is 3.47. The average molecular weight is 505 g/mol. The van der Waals surface area contributed by atoms with Crippen LogP contribution in [-0.2, 0) is 85.7 Å². The van der Waals surface area contributed by atoms with Gasteiger partial charge < -0.3 is 50.3 Å². The van der Waals surface area contributed by atoms with Crippen LogP contribution in [-0.4, -0.2) is 38.7 Å². The van der Waals surface area contributed by atoms with Gasteiger partial charge in [-0.2, -0.15) is 0 Å². The molecule has 0 aromatic heterocycles. The molecule has 0 aliphatic heterocycles. The standard InChI is InChI=1S/3CH5OPS3.Al/c3*1-2-3(4,5)6;/h3*1H3,(H2,4,5,6);/q;;;+3/p-3. The van der Waals surface area contributed by atoms with Gasteiger partial charge in [-0.1, -0.05) is 35.4 Å². The van der Waals surface area contributed by atoms with Gasteiger partial charge in [-0.15, -0.1) is 36.7 Å². The van der Waals surface area contributed by atoms with Crippen LogP contribution in [0.25, 0.3) is 0 Å². The molecule has 0 amide bonds. The van der Waals surface area contributed by atoms with Crippen LogP contribution in [0.3, 0.4) is 0 Å². The maximum atomic E-state index is 4.55. The molecule has 0 saturated carbocycles. The fraction of sp³-hybridized carbons (Fsp3) is 1.00. The minimum absolute atomic E-state index is 0. The second-order valence-corrected chi connectivity index (χ2v) is 27.1. The van der Waals surface area contributed by atoms with Gasteiger partial charge >= 0.3 is 17.4 Å². The van der Waals surface area contributed by atoms with Crippen LogP contribution in [0.1, 0.15) is 0 Å². The Balaban J connectivity index is -0.0000000865. The molecule has 0 spiro atoms. The largest absolute Gasteiger partial charge is 3.00 e. The van der Waals surface area contributed by atoms with Crippen molar-refractivity contribution in [3.8, 4) is 0 Å². The Morgan fingerprint density at radius 2 is 0.737 bits per heavy atom. The van der Waals surface area contributed by atoms with Crippen LogP contribution in [0.5, 0.6) is 0 Å². The molecule has 16 heteroatoms. The zero-order valence-corrected chi connectivity index (χ0v) is 21.4. The zero-order chi connectivity index (χ0) is 15.6. The molecule has 0 radical (unpaired) electrons. The Bertz CT molecular complexity index is 283. The summed E-state index contributed by atoms with van der Waals surface area (Å²) >= 11 is 38.6. The predicted molar refractivity (Wildman–Crippen MR) is 119 cm³/mol. The summed E-state index contributed by atoms with van der Waals surface area (Å²) in [6, 6.07) is 0. The Labute approximate surface area is 173 Å². The molecule has 0 aromatic carbocycles. The summed E-state index contributed by atoms with van der Waals surface area (Å²) in [5.41, 5.74) is 0. The first-order chi connectivity index (χ1) is 7.68. The Kier molecular flexibility index (Phi) is 26.3. The SMILES string of the molecule is COP(=S)([S-])S.COP(=S)([S-])S.COP(=S)([S-])S.[Al+3]. The van der Waals surface area contributed by atoms with Gasteiger partial charge in [0.25, 0.3) is 0 Å². The van der Waals surface area contributed by atoms with Crippen molar-refractivity contribution >= 4 is 140 Å². The molecule has 19 heavy (non-hydrogen) atoms. The molecule has 0 saturated heterocycles. The Hall–Kier alpha value is 4.46. The molecular weight excluding hydrogens is 493 g/mol. The van der Waals surface area contributed by atoms with Gasteiger partial charge in [0.1, 0.15) is 0 Å². The summed E-state index contributed by atoms with van der Waals surface area (Å²) in [4.78, 5) is 0. The van der Waals surface area contributed by atoms with Crippen molar-refractivity contribution in [1.29, 1.82) is 0 Å². The molecule has 3 atom stereocenters. The number of rotatable bonds is 3. The molecule has 0 N–H and O–H groups in total. The smallest absolute Gasteiger partial charge is 0.709 e. The van der Waals surface area contributed by atoms with Gasteiger partial charge in [0.05, 0.1) is 0 Å². The van der Waals surface area contributed by atoms with E-state index in [-0.39, 0.29) is 17.4 Å². The van der Waals surface area contributed by atoms with Gasteiger partial charge in [-0.05, 0) is 14.0 Å². The van der Waals surface area contributed by atoms with Crippen molar-refractivity contribution in [3.63, 3.8) is 0 Å². The van der Waals surface area contributed by atoms with Crippen molar-refractivity contribution in [2.24, 2.45) is 0 Å². The third-order valence-corrected chi connectivity index (χ3v) is 6.23. The summed E-state index contributed by atoms with van der Waals surface area (Å²) in [5.74, 6) is 0. The van der Waals surface area contributed by atoms with Crippen molar-refractivity contribution < 1.29 is 13.6 Å². The van der Waals surface area contributed by atoms with Crippen molar-refractivity contribution in [3.05, 3.63) is 0 Å². The second-order valence-electron chi connectivity index (χ2n) is 1.95. The molecule has 0 aliphatic rings. The predicted octanol–water partition coefficient (Wildman–Crippen LogP) is 3.62. The molecule has 0 rings (SSSR count). The van der Waals surface area contributed by atoms with E-state index in [1.54, 1.807) is 0 Å². The third-order valence-electron chi connectivity index (χ3n) is 0.692. The van der Waals surface area contributed by atoms with Crippen LogP contribution >= 0.6 is 50.8 Å². The number of hydrogen-bond acceptors (Lipinski definition) is 9. The summed E-state index contributed by atoms with van der Waals surface area (Å²) in [5, 5.41) is 0. The zero-order valence-electron chi connectivity index (χ0n) is 9.93. The van der Waals surface area contributed by atoms with Crippen LogP contribution in [0.4, 0.5) is 0 Å². The quantitative estimate of drug-likeness (QED) is 0.231. The minimum Gasteiger partial charge on any atom is -0.709 e. The molecule has 114 valence electrons. The van der Waals surface area contributed by atoms with Gasteiger partial charge in [-0.3, -0.25) is 0 Å². The van der Waals surface area contributed by atoms with E-state index in [0.29, 0.717) is 0 Å². The summed E-state index contributed by atoms with van der Waals surface area (Å²) < 4.78 is 7.52. The van der Waals surface area contributed by atoms with E-state index in [9.17, 15) is 0 Å². The van der Waals surface area contributed by atoms with Crippen LogP contribution < -0.4 is 0 Å². The third kappa shape index (κ3) is 51.9. The Morgan fingerprint density at radius 3 is 0.737 bits per heavy atom. The van der Waals surface area contributed by atoms with Crippen molar-refractivity contribution in [2.45, 2.75) is 0 Å². The van der Waals surface area contributed by atoms with E-state index >= 15 is 0 Å². The molecule has 0 heterocycles. The first-order valence-corrected chi connectivity index (χ1v) is 18.1. The molecule has 0 aromatic rings. The molecule has 0 aliphatic carbocycles. The molecule has 0 bridgehead atoms. The van der Waals surface area contributed by atoms with E-state index in [4.69, 9.17) is 0 Å². The van der Waals surface area contributed by atoms with Crippen molar-refractivity contribution in [1.82, 2.24) is 0 Å². The van der Waals surface area contributed by atoms with Crippen LogP contribution in [0.2, 0.25) is 0 Å². The molecule has 3 nitrogen and oxygen atoms in total. The first kappa shape index (κ1) is 31.3. The number of hydrogen-bond donors (Lipinski definition) is 3. The fourth-order valence-electron chi connectivity index (χ4n) is 0. The molecule has 3 unspecified atom stereocenters. The van der Waals surface area contributed by atoms with Crippen LogP contribution in [0, 0.1) is 0 Å². The van der Waals surface area contributed by atoms with E-state index < -0.39 is 14.0 Å². The minimum atomic E-state index is -2.04. The molecule has 0 fully saturated rings. The summed E-state index contributed by atoms with van der Waals surface area (Å²) in [6.07, 6.45) is 0. The average Bonchev–Trinajstić information content (AvgIpc) is 2.16. The summed E-state index contributed by atoms with van der Waals surface area (Å²) in [7, 11) is 4.42. The van der Waals surface area contributed by atoms with Gasteiger partial charge in [0.2, 0.25) is 0 Å². The molecular formula is C3H12AlO3P3S9. The van der Waals surface area contributed by atoms with Gasteiger partial charge in [0, 0.05) is 21.3 Å². The monoisotopic (exact) mass is 504 g/mol. The van der Waals surface area contributed by atoms with E-state index in [1.807, 2.05) is 0 Å². The maximum absolute atomic E-state index is 4.55.